The van der Waals surface area contributed by atoms with E-state index in [0.29, 0.717) is 0 Å². The monoisotopic (exact) mass is 579 g/mol. The van der Waals surface area contributed by atoms with Crippen LogP contribution in [0.2, 0.25) is 0 Å². The second-order valence-corrected chi connectivity index (χ2v) is 8.85. The van der Waals surface area contributed by atoms with Crippen LogP contribution in [0, 0.1) is 0 Å². The molecule has 3 aromatic heterocycles. The quantitative estimate of drug-likeness (QED) is 0.196. The van der Waals surface area contributed by atoms with Gasteiger partial charge in [0, 0.05) is 41.8 Å². The highest BCUT2D eigenvalue weighted by atomic mass is 35.5. The van der Waals surface area contributed by atoms with E-state index in [0.717, 1.165) is 48.8 Å². The number of halogens is 2. The van der Waals surface area contributed by atoms with E-state index < -0.39 is 0 Å². The van der Waals surface area contributed by atoms with Crippen molar-refractivity contribution >= 4 is 11.4 Å². The third-order valence-electron chi connectivity index (χ3n) is 6.13. The van der Waals surface area contributed by atoms with Gasteiger partial charge in [-0.1, -0.05) is 42.5 Å². The van der Waals surface area contributed by atoms with Crippen molar-refractivity contribution in [2.24, 2.45) is 0 Å². The molecule has 9 heteroatoms. The molecule has 210 valence electrons. The molecule has 0 saturated carbocycles. The molecule has 0 aliphatic rings. The average Bonchev–Trinajstić information content (AvgIpc) is 2.94. The van der Waals surface area contributed by atoms with Crippen molar-refractivity contribution in [1.29, 1.82) is 0 Å². The van der Waals surface area contributed by atoms with Crippen molar-refractivity contribution in [3.8, 4) is 0 Å². The zero-order chi connectivity index (χ0) is 24.4. The molecule has 0 fully saturated rings. The van der Waals surface area contributed by atoms with Crippen LogP contribution in [-0.2, 0) is 26.1 Å². The van der Waals surface area contributed by atoms with Crippen LogP contribution < -0.4 is 45.0 Å². The zero-order valence-corrected chi connectivity index (χ0v) is 23.5. The lowest BCUT2D eigenvalue weighted by molar-refractivity contribution is -0.390. The topological polar surface area (TPSA) is 119 Å². The number of anilines is 2. The lowest BCUT2D eigenvalue weighted by atomic mass is 10.0. The molecule has 0 bridgehead atoms. The molecule has 40 heavy (non-hydrogen) atoms. The molecular formula is C31H35Cl2N5O2. The minimum atomic E-state index is 0. The van der Waals surface area contributed by atoms with Crippen molar-refractivity contribution < 1.29 is 45.7 Å². The standard InChI is InChI=1S/C31H29N5.2ClH.2H2O/c1-4-18-32-28(7-1)22-35-27-14-10-25(11-15-27)21-26-12-16-31(17-13-26)36(23-29-8-2-5-19-33-29)24-30-9-3-6-20-34-30;;;;/h1-20,35H,21-24H2;2*1H;2*1H2. The summed E-state index contributed by atoms with van der Waals surface area (Å²) >= 11 is 0. The minimum Gasteiger partial charge on any atom is -1.00 e. The molecule has 0 aliphatic carbocycles. The summed E-state index contributed by atoms with van der Waals surface area (Å²) in [6, 6.07) is 36.0. The van der Waals surface area contributed by atoms with Crippen molar-refractivity contribution in [3.05, 3.63) is 150 Å². The first kappa shape index (κ1) is 34.0. The number of hydrogen-bond acceptors (Lipinski definition) is 3. The molecule has 0 saturated heterocycles. The van der Waals surface area contributed by atoms with Gasteiger partial charge in [0.15, 0.2) is 23.8 Å². The van der Waals surface area contributed by atoms with Gasteiger partial charge in [-0.15, -0.1) is 0 Å². The van der Waals surface area contributed by atoms with Gasteiger partial charge >= 0.3 is 0 Å². The Morgan fingerprint density at radius 2 is 1.23 bits per heavy atom. The lowest BCUT2D eigenvalue weighted by Gasteiger charge is -2.23. The third kappa shape index (κ3) is 9.94. The fourth-order valence-electron chi connectivity index (χ4n) is 4.20. The Morgan fingerprint density at radius 1 is 0.625 bits per heavy atom. The summed E-state index contributed by atoms with van der Waals surface area (Å²) in [5, 5.41) is 3.47. The van der Waals surface area contributed by atoms with Gasteiger partial charge in [-0.05, 0) is 53.9 Å². The fourth-order valence-corrected chi connectivity index (χ4v) is 4.20. The molecule has 0 aliphatic heterocycles. The van der Waals surface area contributed by atoms with Crippen LogP contribution in [0.15, 0.2) is 122 Å². The van der Waals surface area contributed by atoms with Gasteiger partial charge in [0.1, 0.15) is 13.1 Å². The van der Waals surface area contributed by atoms with Gasteiger partial charge < -0.3 is 46.0 Å². The predicted molar refractivity (Wildman–Crippen MR) is 150 cm³/mol. The highest BCUT2D eigenvalue weighted by molar-refractivity contribution is 5.49. The van der Waals surface area contributed by atoms with E-state index in [4.69, 9.17) is 0 Å². The van der Waals surface area contributed by atoms with Crippen molar-refractivity contribution in [2.75, 3.05) is 10.2 Å². The molecule has 0 spiro atoms. The van der Waals surface area contributed by atoms with Crippen LogP contribution in [0.1, 0.15) is 28.2 Å². The lowest BCUT2D eigenvalue weighted by Crippen LogP contribution is -3.00. The van der Waals surface area contributed by atoms with E-state index in [-0.39, 0.29) is 35.8 Å². The SMILES string of the molecule is O.O.[Cl-].[Cl-].c1ccc(CN(Cc2cccc[nH+]2)c2ccc(Cc3ccc(NCc4cccc[nH+]4)cc3)cc2)nc1. The molecule has 2 aromatic carbocycles. The van der Waals surface area contributed by atoms with Crippen LogP contribution in [0.3, 0.4) is 0 Å². The molecule has 7 N–H and O–H groups in total. The normalized spacial score (nSPS) is 9.60. The Morgan fingerprint density at radius 3 is 1.80 bits per heavy atom. The first-order valence-electron chi connectivity index (χ1n) is 12.3. The molecule has 0 radical (unpaired) electrons. The second kappa shape index (κ2) is 17.6. The van der Waals surface area contributed by atoms with Gasteiger partial charge in [-0.25, -0.2) is 9.97 Å². The Hall–Kier alpha value is -4.01. The molecular weight excluding hydrogens is 545 g/mol. The van der Waals surface area contributed by atoms with Crippen LogP contribution in [0.4, 0.5) is 11.4 Å². The Labute approximate surface area is 247 Å². The summed E-state index contributed by atoms with van der Waals surface area (Å²) in [5.74, 6) is 0. The van der Waals surface area contributed by atoms with E-state index in [2.05, 4.69) is 98.0 Å². The maximum Gasteiger partial charge on any atom is 0.199 e. The minimum absolute atomic E-state index is 0. The van der Waals surface area contributed by atoms with Gasteiger partial charge in [0.25, 0.3) is 0 Å². The number of aromatic amines is 2. The second-order valence-electron chi connectivity index (χ2n) is 8.85. The molecule has 0 amide bonds. The van der Waals surface area contributed by atoms with Crippen LogP contribution in [0.25, 0.3) is 0 Å². The highest BCUT2D eigenvalue weighted by Gasteiger charge is 2.13. The van der Waals surface area contributed by atoms with Crippen LogP contribution in [0.5, 0.6) is 0 Å². The fraction of sp³-hybridized carbons (Fsp3) is 0.129. The van der Waals surface area contributed by atoms with E-state index >= 15 is 0 Å². The summed E-state index contributed by atoms with van der Waals surface area (Å²) in [6.07, 6.45) is 6.67. The van der Waals surface area contributed by atoms with E-state index in [1.165, 1.54) is 16.8 Å². The summed E-state index contributed by atoms with van der Waals surface area (Å²) in [6.45, 7) is 2.31. The van der Waals surface area contributed by atoms with Gasteiger partial charge in [0.05, 0.1) is 12.2 Å². The number of nitrogens with zero attached hydrogens (tertiary/aromatic N) is 2. The number of rotatable bonds is 10. The number of benzene rings is 2. The summed E-state index contributed by atoms with van der Waals surface area (Å²) in [7, 11) is 0. The number of aromatic nitrogens is 3. The largest absolute Gasteiger partial charge is 1.00 e. The summed E-state index contributed by atoms with van der Waals surface area (Å²) in [5.41, 5.74) is 8.26. The maximum atomic E-state index is 4.54. The number of pyridine rings is 3. The smallest absolute Gasteiger partial charge is 0.199 e. The summed E-state index contributed by atoms with van der Waals surface area (Å²) in [4.78, 5) is 13.5. The summed E-state index contributed by atoms with van der Waals surface area (Å²) < 4.78 is 0. The number of nitrogens with one attached hydrogen (secondary N) is 3. The van der Waals surface area contributed by atoms with Crippen molar-refractivity contribution in [1.82, 2.24) is 4.98 Å². The van der Waals surface area contributed by atoms with E-state index in [1.807, 2.05) is 48.9 Å². The van der Waals surface area contributed by atoms with Crippen LogP contribution in [-0.4, -0.2) is 15.9 Å². The molecule has 7 nitrogen and oxygen atoms in total. The Kier molecular flexibility index (Phi) is 14.9. The molecule has 0 unspecified atom stereocenters. The van der Waals surface area contributed by atoms with Gasteiger partial charge in [-0.3, -0.25) is 4.98 Å². The zero-order valence-electron chi connectivity index (χ0n) is 22.0. The molecule has 0 atom stereocenters. The van der Waals surface area contributed by atoms with Crippen molar-refractivity contribution in [3.63, 3.8) is 0 Å². The van der Waals surface area contributed by atoms with E-state index in [1.54, 1.807) is 0 Å². The predicted octanol–water partition coefficient (Wildman–Crippen LogP) is -2.52. The maximum absolute atomic E-state index is 4.54. The molecule has 3 heterocycles. The van der Waals surface area contributed by atoms with Crippen LogP contribution >= 0.6 is 0 Å². The van der Waals surface area contributed by atoms with Crippen molar-refractivity contribution in [2.45, 2.75) is 26.1 Å². The average molecular weight is 581 g/mol. The van der Waals surface area contributed by atoms with Gasteiger partial charge in [-0.2, -0.15) is 0 Å². The number of H-pyrrole nitrogens is 2. The molecule has 5 rings (SSSR count). The molecule has 5 aromatic rings. The third-order valence-corrected chi connectivity index (χ3v) is 6.13. The Balaban J connectivity index is 0.00000200. The number of hydrogen-bond donors (Lipinski definition) is 1. The first-order valence-corrected chi connectivity index (χ1v) is 12.3. The highest BCUT2D eigenvalue weighted by Crippen LogP contribution is 2.21. The first-order chi connectivity index (χ1) is 17.8. The van der Waals surface area contributed by atoms with E-state index in [9.17, 15) is 0 Å². The Bertz CT molecular complexity index is 1300. The van der Waals surface area contributed by atoms with Gasteiger partial charge in [0.2, 0.25) is 0 Å².